The van der Waals surface area contributed by atoms with Gasteiger partial charge >= 0.3 is 0 Å². The van der Waals surface area contributed by atoms with Crippen molar-refractivity contribution in [1.82, 2.24) is 20.4 Å². The molecule has 4 aliphatic rings. The predicted molar refractivity (Wildman–Crippen MR) is 232 cm³/mol. The van der Waals surface area contributed by atoms with Crippen LogP contribution in [0.1, 0.15) is 82.4 Å². The number of halogens is 1. The number of piperidine rings is 3. The van der Waals surface area contributed by atoms with Crippen LogP contribution in [0.2, 0.25) is 0 Å². The second-order valence-electron chi connectivity index (χ2n) is 16.1. The van der Waals surface area contributed by atoms with Crippen LogP contribution >= 0.6 is 11.6 Å². The zero-order chi connectivity index (χ0) is 40.7. The fourth-order valence-electron chi connectivity index (χ4n) is 9.06. The Hall–Kier alpha value is -5.29. The van der Waals surface area contributed by atoms with Gasteiger partial charge in [0.2, 0.25) is 11.8 Å². The fraction of sp³-hybridized carbons (Fsp3) is 0.375. The monoisotopic (exact) mass is 813 g/mol. The third-order valence-corrected chi connectivity index (χ3v) is 12.5. The summed E-state index contributed by atoms with van der Waals surface area (Å²) in [6.45, 7) is 6.30. The van der Waals surface area contributed by atoms with Crippen molar-refractivity contribution in [3.8, 4) is 5.75 Å². The number of hydrogen-bond donors (Lipinski definition) is 2. The summed E-state index contributed by atoms with van der Waals surface area (Å²) < 4.78 is 6.26. The minimum atomic E-state index is -0.963. The van der Waals surface area contributed by atoms with E-state index in [1.807, 2.05) is 18.2 Å². The molecule has 59 heavy (non-hydrogen) atoms. The van der Waals surface area contributed by atoms with Crippen LogP contribution in [0, 0.1) is 5.92 Å². The normalized spacial score (nSPS) is 20.7. The minimum Gasteiger partial charge on any atom is -0.492 e. The maximum absolute atomic E-state index is 13.4. The van der Waals surface area contributed by atoms with E-state index in [4.69, 9.17) is 16.3 Å². The summed E-state index contributed by atoms with van der Waals surface area (Å²) in [5.41, 5.74) is 7.45. The van der Waals surface area contributed by atoms with E-state index in [0.29, 0.717) is 35.6 Å². The summed E-state index contributed by atoms with van der Waals surface area (Å²) >= 11 is 6.34. The van der Waals surface area contributed by atoms with Gasteiger partial charge in [0, 0.05) is 43.7 Å². The molecule has 0 saturated carbocycles. The SMILES string of the molecule is O=C1CCC(N2C(=O)c3ccc(N4CCC[C@@H](NCC5CCN(CCOc6ccc(C(=C(CCCl)c7ccccc7)c7ccccc7)cc6)CC5)C4)cc3C2=O)C(=O)N1. The number of carbonyl (C=O) groups excluding carboxylic acids is 4. The van der Waals surface area contributed by atoms with Crippen molar-refractivity contribution in [1.29, 1.82) is 0 Å². The number of allylic oxidation sites excluding steroid dienone is 1. The van der Waals surface area contributed by atoms with Crippen molar-refractivity contribution in [2.24, 2.45) is 5.92 Å². The number of rotatable bonds is 14. The molecule has 4 heterocycles. The predicted octanol–water partition coefficient (Wildman–Crippen LogP) is 7.03. The van der Waals surface area contributed by atoms with Crippen LogP contribution in [0.15, 0.2) is 103 Å². The van der Waals surface area contributed by atoms with Crippen LogP contribution in [-0.4, -0.2) is 97.3 Å². The Kier molecular flexibility index (Phi) is 12.9. The van der Waals surface area contributed by atoms with Crippen LogP contribution in [-0.2, 0) is 9.59 Å². The Morgan fingerprint density at radius 1 is 0.763 bits per heavy atom. The van der Waals surface area contributed by atoms with E-state index in [1.54, 1.807) is 12.1 Å². The van der Waals surface area contributed by atoms with Crippen LogP contribution in [0.4, 0.5) is 5.69 Å². The van der Waals surface area contributed by atoms with E-state index in [2.05, 4.69) is 93.2 Å². The first-order valence-corrected chi connectivity index (χ1v) is 21.6. The summed E-state index contributed by atoms with van der Waals surface area (Å²) in [6.07, 6.45) is 5.41. The number of benzene rings is 4. The van der Waals surface area contributed by atoms with Gasteiger partial charge in [-0.1, -0.05) is 72.8 Å². The first-order valence-electron chi connectivity index (χ1n) is 21.1. The molecule has 0 aromatic heterocycles. The molecule has 0 spiro atoms. The van der Waals surface area contributed by atoms with Gasteiger partial charge in [-0.3, -0.25) is 34.3 Å². The van der Waals surface area contributed by atoms with Gasteiger partial charge in [0.1, 0.15) is 18.4 Å². The average molecular weight is 814 g/mol. The molecule has 4 amide bonds. The van der Waals surface area contributed by atoms with E-state index in [-0.39, 0.29) is 18.7 Å². The Labute approximate surface area is 351 Å². The lowest BCUT2D eigenvalue weighted by Crippen LogP contribution is -2.54. The molecule has 8 rings (SSSR count). The lowest BCUT2D eigenvalue weighted by atomic mass is 9.88. The zero-order valence-electron chi connectivity index (χ0n) is 33.4. The van der Waals surface area contributed by atoms with Crippen molar-refractivity contribution in [2.75, 3.05) is 56.7 Å². The van der Waals surface area contributed by atoms with Gasteiger partial charge in [-0.05, 0) is 122 Å². The van der Waals surface area contributed by atoms with Gasteiger partial charge in [0.05, 0.1) is 11.1 Å². The molecule has 1 unspecified atom stereocenters. The van der Waals surface area contributed by atoms with E-state index >= 15 is 0 Å². The average Bonchev–Trinajstić information content (AvgIpc) is 3.52. The quantitative estimate of drug-likeness (QED) is 0.0795. The fourth-order valence-corrected chi connectivity index (χ4v) is 9.25. The highest BCUT2D eigenvalue weighted by Crippen LogP contribution is 2.36. The number of nitrogens with one attached hydrogen (secondary N) is 2. The minimum absolute atomic E-state index is 0.101. The van der Waals surface area contributed by atoms with Crippen LogP contribution in [0.25, 0.3) is 11.1 Å². The number of nitrogens with zero attached hydrogens (tertiary/aromatic N) is 3. The molecular formula is C48H52ClN5O5. The zero-order valence-corrected chi connectivity index (χ0v) is 34.2. The lowest BCUT2D eigenvalue weighted by Gasteiger charge is -2.37. The van der Waals surface area contributed by atoms with Crippen molar-refractivity contribution >= 4 is 52.1 Å². The maximum Gasteiger partial charge on any atom is 0.262 e. The summed E-state index contributed by atoms with van der Waals surface area (Å²) in [5.74, 6) is 0.102. The molecule has 3 saturated heterocycles. The number of carbonyl (C=O) groups is 4. The molecule has 2 atom stereocenters. The summed E-state index contributed by atoms with van der Waals surface area (Å²) in [6, 6.07) is 34.3. The summed E-state index contributed by atoms with van der Waals surface area (Å²) in [4.78, 5) is 56.5. The Balaban J connectivity index is 0.794. The van der Waals surface area contributed by atoms with Gasteiger partial charge < -0.3 is 15.0 Å². The number of fused-ring (bicyclic) bond motifs is 1. The molecule has 306 valence electrons. The van der Waals surface area contributed by atoms with E-state index < -0.39 is 23.8 Å². The Morgan fingerprint density at radius 2 is 1.46 bits per heavy atom. The molecule has 2 N–H and O–H groups in total. The summed E-state index contributed by atoms with van der Waals surface area (Å²) in [7, 11) is 0. The molecule has 4 aromatic carbocycles. The van der Waals surface area contributed by atoms with Gasteiger partial charge in [-0.2, -0.15) is 0 Å². The molecule has 10 nitrogen and oxygen atoms in total. The Morgan fingerprint density at radius 3 is 2.17 bits per heavy atom. The molecule has 0 bridgehead atoms. The number of amides is 4. The number of ether oxygens (including phenoxy) is 1. The second kappa shape index (κ2) is 18.7. The van der Waals surface area contributed by atoms with Crippen molar-refractivity contribution in [3.63, 3.8) is 0 Å². The third-order valence-electron chi connectivity index (χ3n) is 12.3. The molecule has 11 heteroatoms. The molecule has 0 radical (unpaired) electrons. The second-order valence-corrected chi connectivity index (χ2v) is 16.4. The largest absolute Gasteiger partial charge is 0.492 e. The van der Waals surface area contributed by atoms with Gasteiger partial charge in [0.25, 0.3) is 11.8 Å². The van der Waals surface area contributed by atoms with E-state index in [9.17, 15) is 19.2 Å². The number of imide groups is 2. The highest BCUT2D eigenvalue weighted by Gasteiger charge is 2.45. The molecule has 0 aliphatic carbocycles. The topological polar surface area (TPSA) is 111 Å². The third kappa shape index (κ3) is 9.30. The smallest absolute Gasteiger partial charge is 0.262 e. The van der Waals surface area contributed by atoms with E-state index in [0.717, 1.165) is 93.3 Å². The van der Waals surface area contributed by atoms with Gasteiger partial charge in [-0.25, -0.2) is 0 Å². The number of hydrogen-bond acceptors (Lipinski definition) is 8. The number of alkyl halides is 1. The van der Waals surface area contributed by atoms with Gasteiger partial charge in [0.15, 0.2) is 0 Å². The summed E-state index contributed by atoms with van der Waals surface area (Å²) in [5, 5.41) is 6.11. The molecule has 3 fully saturated rings. The standard InChI is InChI=1S/C48H52ClN5O5/c49-24-21-40(34-8-3-1-4-9-34)45(35-10-5-2-6-11-35)36-13-16-39(17-14-36)59-29-28-52-26-22-33(23-27-52)31-50-37-12-7-25-53(32-37)38-15-18-41-42(30-38)48(58)54(47(41)57)43-19-20-44(55)51-46(43)56/h1-6,8-11,13-18,30,33,37,43,50H,7,12,19-29,31-32H2,(H,51,55,56)/t37-,43?/m1/s1. The number of likely N-dealkylation sites (tertiary alicyclic amines) is 1. The molecular weight excluding hydrogens is 762 g/mol. The maximum atomic E-state index is 13.4. The molecule has 4 aliphatic heterocycles. The van der Waals surface area contributed by atoms with Crippen molar-refractivity contribution < 1.29 is 23.9 Å². The number of anilines is 1. The van der Waals surface area contributed by atoms with E-state index in [1.165, 1.54) is 22.3 Å². The highest BCUT2D eigenvalue weighted by molar-refractivity contribution is 6.23. The van der Waals surface area contributed by atoms with Crippen molar-refractivity contribution in [2.45, 2.75) is 57.0 Å². The van der Waals surface area contributed by atoms with Crippen LogP contribution < -0.4 is 20.3 Å². The van der Waals surface area contributed by atoms with Crippen molar-refractivity contribution in [3.05, 3.63) is 131 Å². The highest BCUT2D eigenvalue weighted by atomic mass is 35.5. The molecule has 4 aromatic rings. The van der Waals surface area contributed by atoms with Gasteiger partial charge in [-0.15, -0.1) is 11.6 Å². The lowest BCUT2D eigenvalue weighted by molar-refractivity contribution is -0.136. The first-order chi connectivity index (χ1) is 28.9. The Bertz CT molecular complexity index is 2170. The van der Waals surface area contributed by atoms with Crippen LogP contribution in [0.5, 0.6) is 5.75 Å². The van der Waals surface area contributed by atoms with Crippen LogP contribution in [0.3, 0.4) is 0 Å². The first kappa shape index (κ1) is 40.5.